The zero-order chi connectivity index (χ0) is 14.3. The zero-order valence-corrected chi connectivity index (χ0v) is 13.4. The van der Waals surface area contributed by atoms with Crippen molar-refractivity contribution in [1.82, 2.24) is 9.78 Å². The van der Waals surface area contributed by atoms with E-state index in [4.69, 9.17) is 4.74 Å². The maximum Gasteiger partial charge on any atom is 0.283 e. The molecule has 0 atom stereocenters. The van der Waals surface area contributed by atoms with Gasteiger partial charge in [-0.05, 0) is 36.2 Å². The van der Waals surface area contributed by atoms with Crippen molar-refractivity contribution in [2.45, 2.75) is 39.7 Å². The molecule has 19 heavy (non-hydrogen) atoms. The van der Waals surface area contributed by atoms with Crippen LogP contribution in [0, 0.1) is 0 Å². The third-order valence-electron chi connectivity index (χ3n) is 2.64. The number of hydrogen-bond acceptors (Lipinski definition) is 4. The van der Waals surface area contributed by atoms with Crippen LogP contribution in [-0.4, -0.2) is 29.5 Å². The van der Waals surface area contributed by atoms with Crippen molar-refractivity contribution in [3.05, 3.63) is 21.0 Å². The van der Waals surface area contributed by atoms with E-state index in [0.29, 0.717) is 23.3 Å². The minimum atomic E-state index is -0.119. The Morgan fingerprint density at radius 2 is 2.21 bits per heavy atom. The predicted octanol–water partition coefficient (Wildman–Crippen LogP) is 2.82. The summed E-state index contributed by atoms with van der Waals surface area (Å²) in [4.78, 5) is 12.0. The summed E-state index contributed by atoms with van der Waals surface area (Å²) in [7, 11) is 0. The fraction of sp³-hybridized carbons (Fsp3) is 0.692. The highest BCUT2D eigenvalue weighted by atomic mass is 79.9. The highest BCUT2D eigenvalue weighted by Gasteiger charge is 2.10. The first-order chi connectivity index (χ1) is 9.07. The number of halogens is 1. The number of aromatic nitrogens is 2. The molecular weight excluding hydrogens is 310 g/mol. The Kier molecular flexibility index (Phi) is 7.09. The van der Waals surface area contributed by atoms with E-state index >= 15 is 0 Å². The van der Waals surface area contributed by atoms with E-state index in [1.165, 1.54) is 4.68 Å². The van der Waals surface area contributed by atoms with Gasteiger partial charge in [0.15, 0.2) is 0 Å². The van der Waals surface area contributed by atoms with Gasteiger partial charge >= 0.3 is 0 Å². The van der Waals surface area contributed by atoms with Crippen LogP contribution in [0.15, 0.2) is 15.5 Å². The Hall–Kier alpha value is -0.880. The average molecular weight is 332 g/mol. The van der Waals surface area contributed by atoms with Crippen molar-refractivity contribution >= 4 is 21.6 Å². The van der Waals surface area contributed by atoms with Gasteiger partial charge in [-0.15, -0.1) is 0 Å². The molecule has 5 nitrogen and oxygen atoms in total. The third-order valence-corrected chi connectivity index (χ3v) is 3.40. The topological polar surface area (TPSA) is 56.1 Å². The van der Waals surface area contributed by atoms with Crippen LogP contribution in [-0.2, 0) is 4.74 Å². The normalized spacial score (nSPS) is 11.0. The number of unbranched alkanes of at least 4 members (excludes halogenated alkanes) is 1. The van der Waals surface area contributed by atoms with Gasteiger partial charge in [0.25, 0.3) is 5.56 Å². The molecule has 0 aliphatic rings. The lowest BCUT2D eigenvalue weighted by Gasteiger charge is -2.12. The van der Waals surface area contributed by atoms with Crippen molar-refractivity contribution in [3.63, 3.8) is 0 Å². The molecule has 0 saturated heterocycles. The summed E-state index contributed by atoms with van der Waals surface area (Å²) in [5, 5.41) is 7.29. The maximum atomic E-state index is 12.0. The number of nitrogens with zero attached hydrogens (tertiary/aromatic N) is 2. The van der Waals surface area contributed by atoms with Crippen molar-refractivity contribution in [2.24, 2.45) is 0 Å². The van der Waals surface area contributed by atoms with Gasteiger partial charge in [0.05, 0.1) is 24.5 Å². The molecule has 0 bridgehead atoms. The summed E-state index contributed by atoms with van der Waals surface area (Å²) in [5.41, 5.74) is 0.591. The van der Waals surface area contributed by atoms with Crippen LogP contribution in [0.2, 0.25) is 0 Å². The standard InChI is InChI=1S/C13H22BrN3O2/c1-4-5-7-19-8-6-15-11-9-16-17(10(2)3)13(18)12(11)14/h9-10,15H,4-8H2,1-3H3. The molecule has 6 heteroatoms. The fourth-order valence-electron chi connectivity index (χ4n) is 1.54. The molecule has 1 heterocycles. The lowest BCUT2D eigenvalue weighted by molar-refractivity contribution is 0.141. The molecular formula is C13H22BrN3O2. The molecule has 0 aliphatic heterocycles. The van der Waals surface area contributed by atoms with Gasteiger partial charge in [0.2, 0.25) is 0 Å². The van der Waals surface area contributed by atoms with E-state index in [2.05, 4.69) is 33.3 Å². The molecule has 108 valence electrons. The number of anilines is 1. The summed E-state index contributed by atoms with van der Waals surface area (Å²) in [6.07, 6.45) is 3.88. The Labute approximate surface area is 122 Å². The first-order valence-corrected chi connectivity index (χ1v) is 7.46. The van der Waals surface area contributed by atoms with E-state index in [1.54, 1.807) is 6.20 Å². The predicted molar refractivity (Wildman–Crippen MR) is 80.8 cm³/mol. The number of ether oxygens (including phenoxy) is 1. The molecule has 1 aromatic rings. The summed E-state index contributed by atoms with van der Waals surface area (Å²) < 4.78 is 7.42. The molecule has 0 aliphatic carbocycles. The van der Waals surface area contributed by atoms with Crippen molar-refractivity contribution in [1.29, 1.82) is 0 Å². The van der Waals surface area contributed by atoms with Crippen molar-refractivity contribution in [3.8, 4) is 0 Å². The summed E-state index contributed by atoms with van der Waals surface area (Å²) in [6.45, 7) is 8.06. The van der Waals surface area contributed by atoms with Crippen LogP contribution < -0.4 is 10.9 Å². The lowest BCUT2D eigenvalue weighted by atomic mass is 10.4. The molecule has 0 radical (unpaired) electrons. The highest BCUT2D eigenvalue weighted by Crippen LogP contribution is 2.16. The van der Waals surface area contributed by atoms with Crippen LogP contribution >= 0.6 is 15.9 Å². The third kappa shape index (κ3) is 4.95. The molecule has 1 aromatic heterocycles. The van der Waals surface area contributed by atoms with E-state index < -0.39 is 0 Å². The van der Waals surface area contributed by atoms with E-state index in [0.717, 1.165) is 19.4 Å². The molecule has 0 spiro atoms. The number of hydrogen-bond donors (Lipinski definition) is 1. The number of rotatable bonds is 8. The SMILES string of the molecule is CCCCOCCNc1cnn(C(C)C)c(=O)c1Br. The second-order valence-corrected chi connectivity index (χ2v) is 5.40. The molecule has 0 saturated carbocycles. The van der Waals surface area contributed by atoms with E-state index in [-0.39, 0.29) is 11.6 Å². The van der Waals surface area contributed by atoms with Gasteiger partial charge < -0.3 is 10.1 Å². The molecule has 0 amide bonds. The smallest absolute Gasteiger partial charge is 0.283 e. The monoisotopic (exact) mass is 331 g/mol. The second-order valence-electron chi connectivity index (χ2n) is 4.61. The van der Waals surface area contributed by atoms with Crippen LogP contribution in [0.4, 0.5) is 5.69 Å². The van der Waals surface area contributed by atoms with E-state index in [1.807, 2.05) is 13.8 Å². The molecule has 0 unspecified atom stereocenters. The molecule has 1 rings (SSSR count). The zero-order valence-electron chi connectivity index (χ0n) is 11.8. The van der Waals surface area contributed by atoms with Crippen LogP contribution in [0.5, 0.6) is 0 Å². The highest BCUT2D eigenvalue weighted by molar-refractivity contribution is 9.10. The largest absolute Gasteiger partial charge is 0.380 e. The molecule has 0 aromatic carbocycles. The average Bonchev–Trinajstić information content (AvgIpc) is 2.38. The quantitative estimate of drug-likeness (QED) is 0.744. The minimum Gasteiger partial charge on any atom is -0.380 e. The Morgan fingerprint density at radius 1 is 1.47 bits per heavy atom. The molecule has 1 N–H and O–H groups in total. The van der Waals surface area contributed by atoms with Gasteiger partial charge in [-0.1, -0.05) is 13.3 Å². The summed E-state index contributed by atoms with van der Waals surface area (Å²) >= 11 is 3.32. The minimum absolute atomic E-state index is 0.0511. The Morgan fingerprint density at radius 3 is 2.84 bits per heavy atom. The van der Waals surface area contributed by atoms with Gasteiger partial charge in [-0.3, -0.25) is 4.79 Å². The first kappa shape index (κ1) is 16.2. The molecule has 0 fully saturated rings. The lowest BCUT2D eigenvalue weighted by Crippen LogP contribution is -2.26. The van der Waals surface area contributed by atoms with Gasteiger partial charge in [0, 0.05) is 13.2 Å². The Bertz CT molecular complexity index is 446. The van der Waals surface area contributed by atoms with Crippen LogP contribution in [0.1, 0.15) is 39.7 Å². The maximum absolute atomic E-state index is 12.0. The van der Waals surface area contributed by atoms with Gasteiger partial charge in [0.1, 0.15) is 4.47 Å². The van der Waals surface area contributed by atoms with E-state index in [9.17, 15) is 4.79 Å². The van der Waals surface area contributed by atoms with Crippen LogP contribution in [0.25, 0.3) is 0 Å². The summed E-state index contributed by atoms with van der Waals surface area (Å²) in [5.74, 6) is 0. The van der Waals surface area contributed by atoms with Crippen molar-refractivity contribution < 1.29 is 4.74 Å². The van der Waals surface area contributed by atoms with Gasteiger partial charge in [-0.25, -0.2) is 4.68 Å². The van der Waals surface area contributed by atoms with Crippen LogP contribution in [0.3, 0.4) is 0 Å². The van der Waals surface area contributed by atoms with Gasteiger partial charge in [-0.2, -0.15) is 5.10 Å². The summed E-state index contributed by atoms with van der Waals surface area (Å²) in [6, 6.07) is 0.0511. The number of nitrogens with one attached hydrogen (secondary N) is 1. The Balaban J connectivity index is 2.51. The van der Waals surface area contributed by atoms with Crippen molar-refractivity contribution in [2.75, 3.05) is 25.1 Å². The first-order valence-electron chi connectivity index (χ1n) is 6.66. The fourth-order valence-corrected chi connectivity index (χ4v) is 1.97. The second kappa shape index (κ2) is 8.32.